The molecule has 0 saturated heterocycles. The number of carbonyl (C=O) groups excluding carboxylic acids is 1. The lowest BCUT2D eigenvalue weighted by molar-refractivity contribution is 0.102. The summed E-state index contributed by atoms with van der Waals surface area (Å²) in [5.74, 6) is 0.415. The molecule has 1 amide bonds. The first kappa shape index (κ1) is 18.6. The fourth-order valence-electron chi connectivity index (χ4n) is 2.75. The number of rotatable bonds is 8. The minimum atomic E-state index is -0.242. The number of nitrogens with zero attached hydrogens (tertiary/aromatic N) is 2. The lowest BCUT2D eigenvalue weighted by Gasteiger charge is -2.08. The third kappa shape index (κ3) is 5.64. The van der Waals surface area contributed by atoms with Crippen molar-refractivity contribution in [1.82, 2.24) is 9.97 Å². The van der Waals surface area contributed by atoms with Crippen LogP contribution in [0.2, 0.25) is 0 Å². The van der Waals surface area contributed by atoms with Gasteiger partial charge in [0, 0.05) is 18.3 Å². The first-order chi connectivity index (χ1) is 13.2. The largest absolute Gasteiger partial charge is 0.370 e. The number of amides is 1. The Bertz CT molecular complexity index is 863. The number of hydrogen-bond acceptors (Lipinski definition) is 4. The molecular weight excluding hydrogens is 336 g/mol. The van der Waals surface area contributed by atoms with Crippen molar-refractivity contribution in [2.75, 3.05) is 17.2 Å². The van der Waals surface area contributed by atoms with E-state index in [1.807, 2.05) is 42.5 Å². The average molecular weight is 360 g/mol. The van der Waals surface area contributed by atoms with Crippen molar-refractivity contribution < 1.29 is 4.79 Å². The van der Waals surface area contributed by atoms with Crippen LogP contribution in [0.25, 0.3) is 0 Å². The van der Waals surface area contributed by atoms with Crippen LogP contribution < -0.4 is 10.6 Å². The molecule has 5 nitrogen and oxygen atoms in total. The van der Waals surface area contributed by atoms with E-state index in [1.54, 1.807) is 6.07 Å². The maximum atomic E-state index is 12.4. The van der Waals surface area contributed by atoms with Gasteiger partial charge in [-0.3, -0.25) is 4.79 Å². The second kappa shape index (κ2) is 9.48. The highest BCUT2D eigenvalue weighted by molar-refractivity contribution is 6.03. The summed E-state index contributed by atoms with van der Waals surface area (Å²) in [6.07, 6.45) is 4.37. The van der Waals surface area contributed by atoms with E-state index in [-0.39, 0.29) is 5.91 Å². The minimum absolute atomic E-state index is 0.242. The van der Waals surface area contributed by atoms with Crippen LogP contribution in [0.1, 0.15) is 35.0 Å². The van der Waals surface area contributed by atoms with E-state index >= 15 is 0 Å². The summed E-state index contributed by atoms with van der Waals surface area (Å²) in [6.45, 7) is 2.88. The molecule has 0 aliphatic heterocycles. The first-order valence-electron chi connectivity index (χ1n) is 9.24. The molecule has 0 aliphatic carbocycles. The topological polar surface area (TPSA) is 66.9 Å². The van der Waals surface area contributed by atoms with Crippen LogP contribution >= 0.6 is 0 Å². The highest BCUT2D eigenvalue weighted by Gasteiger charge is 2.09. The van der Waals surface area contributed by atoms with Gasteiger partial charge in [-0.25, -0.2) is 9.97 Å². The summed E-state index contributed by atoms with van der Waals surface area (Å²) in [5.41, 5.74) is 3.65. The summed E-state index contributed by atoms with van der Waals surface area (Å²) in [5, 5.41) is 6.13. The number of benzene rings is 2. The van der Waals surface area contributed by atoms with Crippen molar-refractivity contribution in [2.45, 2.75) is 26.2 Å². The Morgan fingerprint density at radius 3 is 2.48 bits per heavy atom. The number of nitrogens with one attached hydrogen (secondary N) is 2. The molecule has 2 N–H and O–H groups in total. The molecule has 27 heavy (non-hydrogen) atoms. The van der Waals surface area contributed by atoms with Gasteiger partial charge < -0.3 is 10.6 Å². The third-order valence-corrected chi connectivity index (χ3v) is 4.31. The van der Waals surface area contributed by atoms with Crippen LogP contribution in [0.5, 0.6) is 0 Å². The molecule has 0 fully saturated rings. The number of anilines is 2. The predicted molar refractivity (Wildman–Crippen MR) is 109 cm³/mol. The number of aromatic nitrogens is 2. The Labute approximate surface area is 159 Å². The molecule has 5 heteroatoms. The van der Waals surface area contributed by atoms with E-state index in [0.717, 1.165) is 31.5 Å². The lowest BCUT2D eigenvalue weighted by atomic mass is 10.1. The van der Waals surface area contributed by atoms with E-state index in [2.05, 4.69) is 39.7 Å². The predicted octanol–water partition coefficient (Wildman–Crippen LogP) is 4.34. The third-order valence-electron chi connectivity index (χ3n) is 4.31. The monoisotopic (exact) mass is 360 g/mol. The van der Waals surface area contributed by atoms with Gasteiger partial charge >= 0.3 is 0 Å². The summed E-state index contributed by atoms with van der Waals surface area (Å²) < 4.78 is 0. The standard InChI is InChI=1S/C22H24N4O/c1-2-17-10-12-19(13-11-17)26-22(27)20-15-21(25-16-24-20)23-14-6-9-18-7-4-3-5-8-18/h3-5,7-8,10-13,15-16H,2,6,9,14H2,1H3,(H,26,27)(H,23,24,25). The van der Waals surface area contributed by atoms with Gasteiger partial charge in [-0.1, -0.05) is 49.4 Å². The van der Waals surface area contributed by atoms with Crippen molar-refractivity contribution in [2.24, 2.45) is 0 Å². The zero-order chi connectivity index (χ0) is 18.9. The molecule has 0 spiro atoms. The SMILES string of the molecule is CCc1ccc(NC(=O)c2cc(NCCCc3ccccc3)ncn2)cc1. The van der Waals surface area contributed by atoms with Crippen molar-refractivity contribution in [3.8, 4) is 0 Å². The molecule has 0 aliphatic rings. The van der Waals surface area contributed by atoms with Crippen LogP contribution in [0.4, 0.5) is 11.5 Å². The highest BCUT2D eigenvalue weighted by atomic mass is 16.1. The van der Waals surface area contributed by atoms with Crippen molar-refractivity contribution in [3.05, 3.63) is 83.8 Å². The van der Waals surface area contributed by atoms with E-state index in [0.29, 0.717) is 11.5 Å². The van der Waals surface area contributed by atoms with Crippen LogP contribution in [-0.4, -0.2) is 22.4 Å². The molecule has 138 valence electrons. The lowest BCUT2D eigenvalue weighted by Crippen LogP contribution is -2.15. The molecule has 3 aromatic rings. The molecule has 3 rings (SSSR count). The zero-order valence-electron chi connectivity index (χ0n) is 15.5. The molecule has 0 unspecified atom stereocenters. The molecule has 0 saturated carbocycles. The van der Waals surface area contributed by atoms with Gasteiger partial charge in [0.25, 0.3) is 5.91 Å². The summed E-state index contributed by atoms with van der Waals surface area (Å²) >= 11 is 0. The van der Waals surface area contributed by atoms with E-state index in [1.165, 1.54) is 17.5 Å². The van der Waals surface area contributed by atoms with Gasteiger partial charge in [0.1, 0.15) is 17.8 Å². The van der Waals surface area contributed by atoms with Crippen molar-refractivity contribution >= 4 is 17.4 Å². The van der Waals surface area contributed by atoms with E-state index in [9.17, 15) is 4.79 Å². The summed E-state index contributed by atoms with van der Waals surface area (Å²) in [4.78, 5) is 20.7. The van der Waals surface area contributed by atoms with E-state index in [4.69, 9.17) is 0 Å². The zero-order valence-corrected chi connectivity index (χ0v) is 15.5. The van der Waals surface area contributed by atoms with Gasteiger partial charge in [-0.05, 0) is 42.5 Å². The van der Waals surface area contributed by atoms with Crippen LogP contribution in [0, 0.1) is 0 Å². The second-order valence-corrected chi connectivity index (χ2v) is 6.31. The normalized spacial score (nSPS) is 10.4. The summed E-state index contributed by atoms with van der Waals surface area (Å²) in [7, 11) is 0. The van der Waals surface area contributed by atoms with Crippen LogP contribution in [0.15, 0.2) is 67.0 Å². The van der Waals surface area contributed by atoms with Gasteiger partial charge in [0.05, 0.1) is 0 Å². The number of aryl methyl sites for hydroxylation is 2. The number of carbonyl (C=O) groups is 1. The fourth-order valence-corrected chi connectivity index (χ4v) is 2.75. The van der Waals surface area contributed by atoms with Gasteiger partial charge in [0.2, 0.25) is 0 Å². The van der Waals surface area contributed by atoms with Gasteiger partial charge in [-0.2, -0.15) is 0 Å². The molecule has 1 heterocycles. The Morgan fingerprint density at radius 1 is 0.963 bits per heavy atom. The second-order valence-electron chi connectivity index (χ2n) is 6.31. The van der Waals surface area contributed by atoms with Gasteiger partial charge in [0.15, 0.2) is 0 Å². The number of hydrogen-bond donors (Lipinski definition) is 2. The Hall–Kier alpha value is -3.21. The average Bonchev–Trinajstić information content (AvgIpc) is 2.73. The van der Waals surface area contributed by atoms with Crippen molar-refractivity contribution in [1.29, 1.82) is 0 Å². The maximum Gasteiger partial charge on any atom is 0.274 e. The Morgan fingerprint density at radius 2 is 1.74 bits per heavy atom. The quantitative estimate of drug-likeness (QED) is 0.587. The van der Waals surface area contributed by atoms with Crippen LogP contribution in [0.3, 0.4) is 0 Å². The smallest absolute Gasteiger partial charge is 0.274 e. The Kier molecular flexibility index (Phi) is 6.52. The minimum Gasteiger partial charge on any atom is -0.370 e. The molecule has 0 atom stereocenters. The summed E-state index contributed by atoms with van der Waals surface area (Å²) in [6, 6.07) is 19.9. The highest BCUT2D eigenvalue weighted by Crippen LogP contribution is 2.12. The maximum absolute atomic E-state index is 12.4. The first-order valence-corrected chi connectivity index (χ1v) is 9.24. The molecule has 0 radical (unpaired) electrons. The molecule has 0 bridgehead atoms. The van der Waals surface area contributed by atoms with Crippen LogP contribution in [-0.2, 0) is 12.8 Å². The Balaban J connectivity index is 1.52. The van der Waals surface area contributed by atoms with E-state index < -0.39 is 0 Å². The molecular formula is C22H24N4O. The van der Waals surface area contributed by atoms with Gasteiger partial charge in [-0.15, -0.1) is 0 Å². The van der Waals surface area contributed by atoms with Crippen molar-refractivity contribution in [3.63, 3.8) is 0 Å². The fraction of sp³-hybridized carbons (Fsp3) is 0.227. The molecule has 2 aromatic carbocycles. The molecule has 1 aromatic heterocycles.